The molecule has 0 bridgehead atoms. The van der Waals surface area contributed by atoms with Gasteiger partial charge in [0.15, 0.2) is 0 Å². The van der Waals surface area contributed by atoms with Gasteiger partial charge in [0, 0.05) is 12.1 Å². The third kappa shape index (κ3) is 3.29. The number of methoxy groups -OCH3 is 1. The van der Waals surface area contributed by atoms with E-state index in [2.05, 4.69) is 11.6 Å². The van der Waals surface area contributed by atoms with E-state index < -0.39 is 15.6 Å². The van der Waals surface area contributed by atoms with Crippen molar-refractivity contribution in [2.24, 2.45) is 11.7 Å². The highest BCUT2D eigenvalue weighted by atomic mass is 32.2. The first kappa shape index (κ1) is 17.2. The largest absolute Gasteiger partial charge is 0.496 e. The fourth-order valence-electron chi connectivity index (χ4n) is 3.25. The molecule has 0 spiro atoms. The van der Waals surface area contributed by atoms with Gasteiger partial charge in [-0.2, -0.15) is 0 Å². The molecule has 1 aromatic carbocycles. The van der Waals surface area contributed by atoms with Gasteiger partial charge in [-0.3, -0.25) is 0 Å². The molecule has 0 amide bonds. The van der Waals surface area contributed by atoms with Gasteiger partial charge in [-0.15, -0.1) is 0 Å². The zero-order chi connectivity index (χ0) is 16.4. The second-order valence-electron chi connectivity index (χ2n) is 6.24. The fraction of sp³-hybridized carbons (Fsp3) is 0.625. The van der Waals surface area contributed by atoms with Crippen molar-refractivity contribution in [2.45, 2.75) is 50.0 Å². The number of nitrogens with two attached hydrogens (primary N) is 1. The molecule has 0 saturated heterocycles. The van der Waals surface area contributed by atoms with Crippen molar-refractivity contribution in [2.75, 3.05) is 13.7 Å². The molecule has 0 heterocycles. The van der Waals surface area contributed by atoms with Crippen LogP contribution in [0.15, 0.2) is 23.1 Å². The number of rotatable bonds is 5. The number of ether oxygens (including phenoxy) is 1. The molecular weight excluding hydrogens is 300 g/mol. The molecule has 2 unspecified atom stereocenters. The van der Waals surface area contributed by atoms with Crippen LogP contribution in [-0.2, 0) is 10.0 Å². The van der Waals surface area contributed by atoms with E-state index in [9.17, 15) is 8.42 Å². The average molecular weight is 326 g/mol. The maximum atomic E-state index is 12.8. The zero-order valence-electron chi connectivity index (χ0n) is 13.6. The van der Waals surface area contributed by atoms with Gasteiger partial charge in [0.1, 0.15) is 5.75 Å². The van der Waals surface area contributed by atoms with Crippen molar-refractivity contribution in [3.05, 3.63) is 23.8 Å². The Morgan fingerprint density at radius 3 is 2.68 bits per heavy atom. The number of benzene rings is 1. The first-order valence-corrected chi connectivity index (χ1v) is 9.21. The molecule has 1 aromatic rings. The lowest BCUT2D eigenvalue weighted by Crippen LogP contribution is -2.58. The van der Waals surface area contributed by atoms with Crippen LogP contribution in [0.3, 0.4) is 0 Å². The van der Waals surface area contributed by atoms with E-state index in [-0.39, 0.29) is 10.8 Å². The van der Waals surface area contributed by atoms with Gasteiger partial charge >= 0.3 is 0 Å². The molecule has 1 saturated carbocycles. The number of hydrogen-bond acceptors (Lipinski definition) is 4. The summed E-state index contributed by atoms with van der Waals surface area (Å²) < 4.78 is 33.6. The first-order chi connectivity index (χ1) is 10.3. The minimum absolute atomic E-state index is 0.236. The van der Waals surface area contributed by atoms with Crippen LogP contribution in [0.1, 0.15) is 38.2 Å². The molecule has 2 atom stereocenters. The van der Waals surface area contributed by atoms with E-state index >= 15 is 0 Å². The highest BCUT2D eigenvalue weighted by molar-refractivity contribution is 7.89. The topological polar surface area (TPSA) is 81.4 Å². The molecule has 1 fully saturated rings. The summed E-state index contributed by atoms with van der Waals surface area (Å²) in [6, 6.07) is 4.90. The van der Waals surface area contributed by atoms with Crippen molar-refractivity contribution >= 4 is 10.0 Å². The summed E-state index contributed by atoms with van der Waals surface area (Å²) in [6.07, 6.45) is 3.93. The Morgan fingerprint density at radius 1 is 1.41 bits per heavy atom. The van der Waals surface area contributed by atoms with E-state index in [0.29, 0.717) is 12.3 Å². The third-order valence-electron chi connectivity index (χ3n) is 4.83. The number of aryl methyl sites for hydroxylation is 1. The van der Waals surface area contributed by atoms with E-state index in [4.69, 9.17) is 10.5 Å². The van der Waals surface area contributed by atoms with E-state index in [1.165, 1.54) is 0 Å². The lowest BCUT2D eigenvalue weighted by atomic mass is 9.74. The monoisotopic (exact) mass is 326 g/mol. The third-order valence-corrected chi connectivity index (χ3v) is 6.38. The fourth-order valence-corrected chi connectivity index (χ4v) is 4.87. The van der Waals surface area contributed by atoms with Crippen molar-refractivity contribution in [3.63, 3.8) is 0 Å². The summed E-state index contributed by atoms with van der Waals surface area (Å²) in [6.45, 7) is 4.23. The van der Waals surface area contributed by atoms with Gasteiger partial charge in [-0.05, 0) is 49.4 Å². The van der Waals surface area contributed by atoms with Crippen LogP contribution in [0.25, 0.3) is 0 Å². The van der Waals surface area contributed by atoms with Gasteiger partial charge in [-0.25, -0.2) is 13.1 Å². The van der Waals surface area contributed by atoms with E-state index in [0.717, 1.165) is 31.2 Å². The van der Waals surface area contributed by atoms with Gasteiger partial charge < -0.3 is 10.5 Å². The Kier molecular flexibility index (Phi) is 5.14. The standard InChI is InChI=1S/C16H26N2O3S/c1-12-10-14(7-8-15(12)21-3)22(19,20)18-16(11-17)9-5-4-6-13(16)2/h7-8,10,13,18H,4-6,9,11,17H2,1-3H3. The molecule has 2 rings (SSSR count). The molecular formula is C16H26N2O3S. The molecule has 0 aliphatic heterocycles. The van der Waals surface area contributed by atoms with Gasteiger partial charge in [0.05, 0.1) is 12.0 Å². The van der Waals surface area contributed by atoms with E-state index in [1.807, 2.05) is 6.92 Å². The summed E-state index contributed by atoms with van der Waals surface area (Å²) in [4.78, 5) is 0.261. The predicted molar refractivity (Wildman–Crippen MR) is 87.5 cm³/mol. The lowest BCUT2D eigenvalue weighted by molar-refractivity contribution is 0.191. The van der Waals surface area contributed by atoms with Gasteiger partial charge in [-0.1, -0.05) is 19.8 Å². The van der Waals surface area contributed by atoms with Crippen LogP contribution >= 0.6 is 0 Å². The van der Waals surface area contributed by atoms with Crippen LogP contribution in [0.2, 0.25) is 0 Å². The summed E-state index contributed by atoms with van der Waals surface area (Å²) in [5.74, 6) is 0.916. The Morgan fingerprint density at radius 2 is 2.14 bits per heavy atom. The molecule has 1 aliphatic rings. The summed E-state index contributed by atoms with van der Waals surface area (Å²) in [5.41, 5.74) is 6.20. The number of hydrogen-bond donors (Lipinski definition) is 2. The van der Waals surface area contributed by atoms with E-state index in [1.54, 1.807) is 25.3 Å². The molecule has 5 nitrogen and oxygen atoms in total. The van der Waals surface area contributed by atoms with Crippen molar-refractivity contribution in [1.82, 2.24) is 4.72 Å². The van der Waals surface area contributed by atoms with Crippen LogP contribution < -0.4 is 15.2 Å². The van der Waals surface area contributed by atoms with Crippen LogP contribution in [0.4, 0.5) is 0 Å². The summed E-state index contributed by atoms with van der Waals surface area (Å²) in [5, 5.41) is 0. The zero-order valence-corrected chi connectivity index (χ0v) is 14.4. The Bertz CT molecular complexity index is 630. The molecule has 3 N–H and O–H groups in total. The lowest BCUT2D eigenvalue weighted by Gasteiger charge is -2.42. The number of sulfonamides is 1. The summed E-state index contributed by atoms with van der Waals surface area (Å²) >= 11 is 0. The highest BCUT2D eigenvalue weighted by Gasteiger charge is 2.40. The normalized spacial score (nSPS) is 25.9. The quantitative estimate of drug-likeness (QED) is 0.869. The van der Waals surface area contributed by atoms with Crippen LogP contribution in [0, 0.1) is 12.8 Å². The first-order valence-electron chi connectivity index (χ1n) is 7.73. The molecule has 1 aliphatic carbocycles. The minimum Gasteiger partial charge on any atom is -0.496 e. The Balaban J connectivity index is 2.32. The van der Waals surface area contributed by atoms with Crippen molar-refractivity contribution < 1.29 is 13.2 Å². The van der Waals surface area contributed by atoms with Crippen LogP contribution in [-0.4, -0.2) is 27.6 Å². The van der Waals surface area contributed by atoms with Gasteiger partial charge in [0.2, 0.25) is 10.0 Å². The Labute approximate surface area is 133 Å². The SMILES string of the molecule is COc1ccc(S(=O)(=O)NC2(CN)CCCCC2C)cc1C. The molecule has 0 radical (unpaired) electrons. The average Bonchev–Trinajstić information content (AvgIpc) is 2.49. The summed E-state index contributed by atoms with van der Waals surface area (Å²) in [7, 11) is -2.03. The minimum atomic E-state index is -3.60. The maximum absolute atomic E-state index is 12.8. The second kappa shape index (κ2) is 6.56. The van der Waals surface area contributed by atoms with Crippen LogP contribution in [0.5, 0.6) is 5.75 Å². The van der Waals surface area contributed by atoms with Crippen molar-refractivity contribution in [3.8, 4) is 5.75 Å². The molecule has 6 heteroatoms. The Hall–Kier alpha value is -1.11. The number of nitrogens with one attached hydrogen (secondary N) is 1. The predicted octanol–water partition coefficient (Wildman–Crippen LogP) is 2.19. The molecule has 0 aromatic heterocycles. The second-order valence-corrected chi connectivity index (χ2v) is 7.93. The molecule has 124 valence electrons. The molecule has 22 heavy (non-hydrogen) atoms. The maximum Gasteiger partial charge on any atom is 0.241 e. The smallest absolute Gasteiger partial charge is 0.241 e. The van der Waals surface area contributed by atoms with Gasteiger partial charge in [0.25, 0.3) is 0 Å². The van der Waals surface area contributed by atoms with Crippen molar-refractivity contribution in [1.29, 1.82) is 0 Å². The highest BCUT2D eigenvalue weighted by Crippen LogP contribution is 2.34.